The maximum atomic E-state index is 13.1. The van der Waals surface area contributed by atoms with Crippen molar-refractivity contribution >= 4 is 0 Å². The number of hydrogen-bond donors (Lipinski definition) is 2. The molecule has 2 N–H and O–H groups in total. The van der Waals surface area contributed by atoms with Crippen molar-refractivity contribution in [2.24, 2.45) is 0 Å². The number of halogens is 3. The van der Waals surface area contributed by atoms with Crippen LogP contribution in [0, 0.1) is 0 Å². The highest BCUT2D eigenvalue weighted by Gasteiger charge is 2.34. The molecule has 1 fully saturated rings. The number of aromatic amines is 1. The van der Waals surface area contributed by atoms with Gasteiger partial charge in [-0.25, -0.2) is 4.39 Å². The van der Waals surface area contributed by atoms with E-state index in [0.717, 1.165) is 25.5 Å². The molecule has 17 heavy (non-hydrogen) atoms. The fraction of sp³-hybridized carbons (Fsp3) is 0.700. The Bertz CT molecular complexity index is 434. The maximum Gasteiger partial charge on any atom is 0.373 e. The van der Waals surface area contributed by atoms with Crippen molar-refractivity contribution in [2.45, 2.75) is 24.8 Å². The Hall–Kier alpha value is -1.24. The minimum atomic E-state index is -3.79. The van der Waals surface area contributed by atoms with E-state index in [1.807, 2.05) is 0 Å². The van der Waals surface area contributed by atoms with Gasteiger partial charge < -0.3 is 5.32 Å². The van der Waals surface area contributed by atoms with Gasteiger partial charge in [0.2, 0.25) is 0 Å². The summed E-state index contributed by atoms with van der Waals surface area (Å²) in [6, 6.07) is -2.67. The standard InChI is InChI=1S/C10H14F3N3O/c11-6-10(12,13)16-9(17)4-8(15-16)7-2-1-3-14-5-7/h4,7,14-15H,1-3,5-6H2. The third-order valence-electron chi connectivity index (χ3n) is 2.96. The number of hydrogen-bond acceptors (Lipinski definition) is 2. The average Bonchev–Trinajstić information content (AvgIpc) is 2.73. The van der Waals surface area contributed by atoms with Gasteiger partial charge in [0.05, 0.1) is 0 Å². The van der Waals surface area contributed by atoms with Crippen LogP contribution in [0.4, 0.5) is 13.2 Å². The molecule has 96 valence electrons. The lowest BCUT2D eigenvalue weighted by atomic mass is 9.96. The summed E-state index contributed by atoms with van der Waals surface area (Å²) in [5, 5.41) is 5.44. The zero-order valence-corrected chi connectivity index (χ0v) is 9.18. The van der Waals surface area contributed by atoms with Crippen molar-refractivity contribution in [3.63, 3.8) is 0 Å². The normalized spacial score (nSPS) is 21.7. The molecule has 1 aromatic heterocycles. The highest BCUT2D eigenvalue weighted by atomic mass is 19.3. The van der Waals surface area contributed by atoms with E-state index >= 15 is 0 Å². The van der Waals surface area contributed by atoms with Gasteiger partial charge in [-0.2, -0.15) is 13.5 Å². The molecule has 1 atom stereocenters. The van der Waals surface area contributed by atoms with Crippen LogP contribution in [-0.4, -0.2) is 29.5 Å². The van der Waals surface area contributed by atoms with Gasteiger partial charge >= 0.3 is 6.05 Å². The smallest absolute Gasteiger partial charge is 0.316 e. The van der Waals surface area contributed by atoms with E-state index in [1.54, 1.807) is 0 Å². The van der Waals surface area contributed by atoms with E-state index in [-0.39, 0.29) is 10.6 Å². The van der Waals surface area contributed by atoms with Gasteiger partial charge in [-0.1, -0.05) is 0 Å². The van der Waals surface area contributed by atoms with Crippen molar-refractivity contribution in [1.29, 1.82) is 0 Å². The molecule has 0 amide bonds. The monoisotopic (exact) mass is 249 g/mol. The maximum absolute atomic E-state index is 13.1. The SMILES string of the molecule is O=c1cc(C2CCCNC2)[nH]n1C(F)(F)CF. The molecule has 0 aliphatic carbocycles. The molecule has 0 aromatic carbocycles. The van der Waals surface area contributed by atoms with Crippen molar-refractivity contribution < 1.29 is 13.2 Å². The Labute approximate surface area is 95.8 Å². The fourth-order valence-corrected chi connectivity index (χ4v) is 2.04. The van der Waals surface area contributed by atoms with E-state index in [9.17, 15) is 18.0 Å². The molecule has 1 aromatic rings. The third-order valence-corrected chi connectivity index (χ3v) is 2.96. The summed E-state index contributed by atoms with van der Waals surface area (Å²) < 4.78 is 38.3. The van der Waals surface area contributed by atoms with E-state index in [4.69, 9.17) is 0 Å². The van der Waals surface area contributed by atoms with E-state index in [0.29, 0.717) is 12.2 Å². The fourth-order valence-electron chi connectivity index (χ4n) is 2.04. The average molecular weight is 249 g/mol. The highest BCUT2D eigenvalue weighted by Crippen LogP contribution is 2.23. The van der Waals surface area contributed by atoms with E-state index in [2.05, 4.69) is 10.4 Å². The number of nitrogens with one attached hydrogen (secondary N) is 2. The second kappa shape index (κ2) is 4.56. The molecule has 1 unspecified atom stereocenters. The number of alkyl halides is 3. The van der Waals surface area contributed by atoms with E-state index < -0.39 is 18.3 Å². The Morgan fingerprint density at radius 3 is 2.88 bits per heavy atom. The third kappa shape index (κ3) is 2.38. The highest BCUT2D eigenvalue weighted by molar-refractivity contribution is 5.09. The largest absolute Gasteiger partial charge is 0.373 e. The molecule has 0 radical (unpaired) electrons. The number of piperidine rings is 1. The van der Waals surface area contributed by atoms with Crippen LogP contribution in [0.15, 0.2) is 10.9 Å². The Morgan fingerprint density at radius 2 is 2.29 bits per heavy atom. The summed E-state index contributed by atoms with van der Waals surface area (Å²) >= 11 is 0. The molecular weight excluding hydrogens is 235 g/mol. The first-order valence-electron chi connectivity index (χ1n) is 5.51. The summed E-state index contributed by atoms with van der Waals surface area (Å²) in [5.41, 5.74) is -0.455. The quantitative estimate of drug-likeness (QED) is 0.844. The number of nitrogens with zero attached hydrogens (tertiary/aromatic N) is 1. The first-order chi connectivity index (χ1) is 8.04. The number of rotatable bonds is 3. The summed E-state index contributed by atoms with van der Waals surface area (Å²) in [6.07, 6.45) is 1.76. The van der Waals surface area contributed by atoms with Crippen LogP contribution in [0.2, 0.25) is 0 Å². The lowest BCUT2D eigenvalue weighted by Crippen LogP contribution is -2.34. The van der Waals surface area contributed by atoms with Gasteiger partial charge in [0.15, 0.2) is 6.67 Å². The molecule has 1 aliphatic heterocycles. The molecular formula is C10H14F3N3O. The summed E-state index contributed by atoms with van der Waals surface area (Å²) in [4.78, 5) is 11.4. The van der Waals surface area contributed by atoms with Gasteiger partial charge in [0.1, 0.15) is 0 Å². The summed E-state index contributed by atoms with van der Waals surface area (Å²) in [7, 11) is 0. The Morgan fingerprint density at radius 1 is 1.53 bits per heavy atom. The first kappa shape index (κ1) is 12.2. The first-order valence-corrected chi connectivity index (χ1v) is 5.51. The zero-order chi connectivity index (χ0) is 12.5. The van der Waals surface area contributed by atoms with Crippen LogP contribution < -0.4 is 10.9 Å². The second-order valence-corrected chi connectivity index (χ2v) is 4.23. The van der Waals surface area contributed by atoms with Crippen molar-refractivity contribution in [3.8, 4) is 0 Å². The molecule has 0 saturated carbocycles. The van der Waals surface area contributed by atoms with Crippen molar-refractivity contribution in [2.75, 3.05) is 19.8 Å². The molecule has 0 bridgehead atoms. The minimum Gasteiger partial charge on any atom is -0.316 e. The predicted octanol–water partition coefficient (Wildman–Crippen LogP) is 1.16. The summed E-state index contributed by atoms with van der Waals surface area (Å²) in [5.74, 6) is 0.00751. The number of H-pyrrole nitrogens is 1. The van der Waals surface area contributed by atoms with Crippen LogP contribution in [-0.2, 0) is 6.05 Å². The van der Waals surface area contributed by atoms with Crippen LogP contribution in [0.5, 0.6) is 0 Å². The molecule has 7 heteroatoms. The minimum absolute atomic E-state index is 0.00751. The lowest BCUT2D eigenvalue weighted by molar-refractivity contribution is -0.112. The second-order valence-electron chi connectivity index (χ2n) is 4.23. The molecule has 1 aliphatic rings. The van der Waals surface area contributed by atoms with Crippen LogP contribution >= 0.6 is 0 Å². The van der Waals surface area contributed by atoms with Gasteiger partial charge in [0.25, 0.3) is 5.56 Å². The molecule has 4 nitrogen and oxygen atoms in total. The van der Waals surface area contributed by atoms with Crippen LogP contribution in [0.1, 0.15) is 24.5 Å². The van der Waals surface area contributed by atoms with Gasteiger partial charge in [-0.05, 0) is 19.4 Å². The van der Waals surface area contributed by atoms with Crippen LogP contribution in [0.25, 0.3) is 0 Å². The van der Waals surface area contributed by atoms with E-state index in [1.165, 1.54) is 0 Å². The van der Waals surface area contributed by atoms with Crippen LogP contribution in [0.3, 0.4) is 0 Å². The lowest BCUT2D eigenvalue weighted by Gasteiger charge is -2.21. The summed E-state index contributed by atoms with van der Waals surface area (Å²) in [6.45, 7) is -0.362. The van der Waals surface area contributed by atoms with Gasteiger partial charge in [-0.3, -0.25) is 9.89 Å². The molecule has 1 saturated heterocycles. The van der Waals surface area contributed by atoms with Gasteiger partial charge in [0, 0.05) is 24.2 Å². The van der Waals surface area contributed by atoms with Crippen molar-refractivity contribution in [3.05, 3.63) is 22.1 Å². The zero-order valence-electron chi connectivity index (χ0n) is 9.18. The molecule has 2 heterocycles. The number of aromatic nitrogens is 2. The topological polar surface area (TPSA) is 49.8 Å². The molecule has 2 rings (SSSR count). The van der Waals surface area contributed by atoms with Gasteiger partial charge in [-0.15, -0.1) is 0 Å². The van der Waals surface area contributed by atoms with Crippen molar-refractivity contribution in [1.82, 2.24) is 15.1 Å². The predicted molar refractivity (Wildman–Crippen MR) is 56.1 cm³/mol. The Kier molecular flexibility index (Phi) is 3.28. The Balaban J connectivity index is 2.27. The molecule has 0 spiro atoms.